The van der Waals surface area contributed by atoms with Gasteiger partial charge in [-0.3, -0.25) is 4.79 Å². The lowest BCUT2D eigenvalue weighted by molar-refractivity contribution is -0.233. The number of nitrogens with one attached hydrogen (secondary N) is 1. The first-order valence-electron chi connectivity index (χ1n) is 10.0. The minimum absolute atomic E-state index is 0.133. The van der Waals surface area contributed by atoms with E-state index in [0.717, 1.165) is 25.7 Å². The molecule has 2 fully saturated rings. The topological polar surface area (TPSA) is 53.1 Å². The summed E-state index contributed by atoms with van der Waals surface area (Å²) >= 11 is 0. The molecular weight excluding hydrogens is 322 g/mol. The Bertz CT molecular complexity index is 941. The Kier molecular flexibility index (Phi) is 2.94. The molecule has 3 aliphatic carbocycles. The molecule has 2 saturated carbocycles. The maximum absolute atomic E-state index is 12.7. The van der Waals surface area contributed by atoms with Gasteiger partial charge in [0.25, 0.3) is 0 Å². The fraction of sp³-hybridized carbons (Fsp3) is 0.609. The van der Waals surface area contributed by atoms with Crippen LogP contribution in [0.25, 0.3) is 10.9 Å². The zero-order valence-corrected chi connectivity index (χ0v) is 16.3. The van der Waals surface area contributed by atoms with Crippen molar-refractivity contribution in [1.29, 1.82) is 0 Å². The first kappa shape index (κ1) is 16.6. The Morgan fingerprint density at radius 2 is 1.85 bits per heavy atom. The van der Waals surface area contributed by atoms with E-state index in [0.29, 0.717) is 12.3 Å². The van der Waals surface area contributed by atoms with Crippen LogP contribution in [-0.4, -0.2) is 21.5 Å². The Morgan fingerprint density at radius 3 is 2.62 bits per heavy atom. The lowest BCUT2D eigenvalue weighted by atomic mass is 9.39. The third-order valence-corrected chi connectivity index (χ3v) is 9.10. The molecule has 26 heavy (non-hydrogen) atoms. The maximum Gasteiger partial charge on any atom is 0.141 e. The molecular formula is C23H29NO2. The van der Waals surface area contributed by atoms with E-state index in [2.05, 4.69) is 43.1 Å². The van der Waals surface area contributed by atoms with Crippen molar-refractivity contribution in [3.63, 3.8) is 0 Å². The molecule has 138 valence electrons. The van der Waals surface area contributed by atoms with E-state index < -0.39 is 11.0 Å². The third kappa shape index (κ3) is 1.51. The van der Waals surface area contributed by atoms with Gasteiger partial charge in [-0.1, -0.05) is 45.9 Å². The average Bonchev–Trinajstić information content (AvgIpc) is 3.11. The van der Waals surface area contributed by atoms with Crippen molar-refractivity contribution in [2.45, 2.75) is 70.8 Å². The average molecular weight is 351 g/mol. The third-order valence-electron chi connectivity index (χ3n) is 9.10. The number of hydrogen-bond acceptors (Lipinski definition) is 2. The Labute approximate surface area is 155 Å². The number of para-hydroxylation sites is 1. The van der Waals surface area contributed by atoms with Crippen molar-refractivity contribution >= 4 is 16.7 Å². The molecule has 4 atom stereocenters. The highest BCUT2D eigenvalue weighted by Gasteiger charge is 2.72. The second-order valence-corrected chi connectivity index (χ2v) is 9.91. The van der Waals surface area contributed by atoms with Crippen LogP contribution >= 0.6 is 0 Å². The molecule has 1 aromatic heterocycles. The molecule has 0 amide bonds. The number of rotatable bonds is 0. The van der Waals surface area contributed by atoms with E-state index in [1.807, 2.05) is 13.8 Å². The molecule has 1 aromatic carbocycles. The molecule has 1 heterocycles. The first-order valence-corrected chi connectivity index (χ1v) is 10.0. The van der Waals surface area contributed by atoms with Crippen LogP contribution in [-0.2, 0) is 16.6 Å². The number of ketones is 1. The first-order chi connectivity index (χ1) is 12.2. The highest BCUT2D eigenvalue weighted by molar-refractivity contribution is 5.88. The molecule has 2 N–H and O–H groups in total. The highest BCUT2D eigenvalue weighted by atomic mass is 16.3. The number of benzene rings is 1. The Morgan fingerprint density at radius 1 is 1.12 bits per heavy atom. The predicted octanol–water partition coefficient (Wildman–Crippen LogP) is 4.52. The molecule has 2 aromatic rings. The summed E-state index contributed by atoms with van der Waals surface area (Å²) < 4.78 is 0. The van der Waals surface area contributed by atoms with E-state index in [1.54, 1.807) is 0 Å². The quantitative estimate of drug-likeness (QED) is 0.733. The van der Waals surface area contributed by atoms with Gasteiger partial charge in [-0.05, 0) is 43.2 Å². The molecule has 0 saturated heterocycles. The van der Waals surface area contributed by atoms with E-state index >= 15 is 0 Å². The van der Waals surface area contributed by atoms with Gasteiger partial charge in [0.05, 0.1) is 11.0 Å². The molecule has 3 aliphatic rings. The highest BCUT2D eigenvalue weighted by Crippen LogP contribution is 2.70. The van der Waals surface area contributed by atoms with Gasteiger partial charge in [0.15, 0.2) is 0 Å². The zero-order chi connectivity index (χ0) is 18.5. The van der Waals surface area contributed by atoms with Crippen LogP contribution in [0.1, 0.15) is 64.6 Å². The fourth-order valence-electron chi connectivity index (χ4n) is 7.09. The van der Waals surface area contributed by atoms with Gasteiger partial charge in [-0.2, -0.15) is 0 Å². The Hall–Kier alpha value is -1.61. The Balaban J connectivity index is 1.77. The minimum Gasteiger partial charge on any atom is -0.388 e. The van der Waals surface area contributed by atoms with Gasteiger partial charge in [0.2, 0.25) is 0 Å². The normalized spacial score (nSPS) is 41.0. The molecule has 0 aliphatic heterocycles. The van der Waals surface area contributed by atoms with Gasteiger partial charge >= 0.3 is 0 Å². The molecule has 0 spiro atoms. The van der Waals surface area contributed by atoms with Gasteiger partial charge in [0.1, 0.15) is 5.78 Å². The van der Waals surface area contributed by atoms with Crippen molar-refractivity contribution in [2.24, 2.45) is 16.7 Å². The fourth-order valence-corrected chi connectivity index (χ4v) is 7.09. The summed E-state index contributed by atoms with van der Waals surface area (Å²) in [6.45, 7) is 8.55. The van der Waals surface area contributed by atoms with Gasteiger partial charge < -0.3 is 10.1 Å². The zero-order valence-electron chi connectivity index (χ0n) is 16.3. The lowest BCUT2D eigenvalue weighted by Crippen LogP contribution is -2.71. The summed E-state index contributed by atoms with van der Waals surface area (Å²) in [7, 11) is 0. The largest absolute Gasteiger partial charge is 0.388 e. The smallest absolute Gasteiger partial charge is 0.141 e. The second kappa shape index (κ2) is 4.62. The van der Waals surface area contributed by atoms with Crippen molar-refractivity contribution in [2.75, 3.05) is 0 Å². The van der Waals surface area contributed by atoms with Crippen LogP contribution in [0.2, 0.25) is 0 Å². The number of carbonyl (C=O) groups is 1. The monoisotopic (exact) mass is 351 g/mol. The SMILES string of the molecule is CC1(C)C(=O)CC[C@@]2(C)[C@@]1(O)CC[C@H]1Cc3c([nH]c4ccccc34)[C@]12C. The second-order valence-electron chi connectivity index (χ2n) is 9.91. The van der Waals surface area contributed by atoms with Crippen LogP contribution in [0.4, 0.5) is 0 Å². The molecule has 3 heteroatoms. The summed E-state index contributed by atoms with van der Waals surface area (Å²) in [6, 6.07) is 8.56. The van der Waals surface area contributed by atoms with Crippen molar-refractivity contribution in [3.8, 4) is 0 Å². The standard InChI is InChI=1S/C23H29NO2/c1-20(2)18(25)10-11-21(3)22(4)14(9-12-23(20,21)26)13-16-15-7-5-6-8-17(15)24-19(16)22/h5-8,14,24,26H,9-13H2,1-4H3/t14-,21+,22-,23+/m0/s1. The predicted molar refractivity (Wildman–Crippen MR) is 103 cm³/mol. The number of carbonyl (C=O) groups excluding carboxylic acids is 1. The number of fused-ring (bicyclic) bond motifs is 7. The maximum atomic E-state index is 12.7. The minimum atomic E-state index is -0.959. The number of aromatic amines is 1. The molecule has 0 bridgehead atoms. The van der Waals surface area contributed by atoms with Crippen molar-refractivity contribution in [3.05, 3.63) is 35.5 Å². The van der Waals surface area contributed by atoms with E-state index in [9.17, 15) is 9.90 Å². The number of aromatic nitrogens is 1. The van der Waals surface area contributed by atoms with Crippen molar-refractivity contribution < 1.29 is 9.90 Å². The summed E-state index contributed by atoms with van der Waals surface area (Å²) in [4.78, 5) is 16.5. The summed E-state index contributed by atoms with van der Waals surface area (Å²) in [5, 5.41) is 13.4. The molecule has 0 radical (unpaired) electrons. The molecule has 3 nitrogen and oxygen atoms in total. The lowest BCUT2D eigenvalue weighted by Gasteiger charge is -2.66. The van der Waals surface area contributed by atoms with Crippen LogP contribution in [0.15, 0.2) is 24.3 Å². The van der Waals surface area contributed by atoms with Crippen LogP contribution < -0.4 is 0 Å². The van der Waals surface area contributed by atoms with Gasteiger partial charge in [-0.25, -0.2) is 0 Å². The summed E-state index contributed by atoms with van der Waals surface area (Å²) in [5.41, 5.74) is 1.85. The van der Waals surface area contributed by atoms with E-state index in [4.69, 9.17) is 0 Å². The van der Waals surface area contributed by atoms with Crippen LogP contribution in [0.5, 0.6) is 0 Å². The van der Waals surface area contributed by atoms with Gasteiger partial charge in [0, 0.05) is 33.8 Å². The molecule has 5 rings (SSSR count). The number of H-pyrrole nitrogens is 1. The van der Waals surface area contributed by atoms with E-state index in [-0.39, 0.29) is 16.6 Å². The van der Waals surface area contributed by atoms with Gasteiger partial charge in [-0.15, -0.1) is 0 Å². The van der Waals surface area contributed by atoms with Crippen LogP contribution in [0, 0.1) is 16.7 Å². The van der Waals surface area contributed by atoms with Crippen LogP contribution in [0.3, 0.4) is 0 Å². The van der Waals surface area contributed by atoms with Crippen molar-refractivity contribution in [1.82, 2.24) is 4.98 Å². The molecule has 0 unspecified atom stereocenters. The number of hydrogen-bond donors (Lipinski definition) is 2. The number of Topliss-reactive ketones (excluding diaryl/α,β-unsaturated/α-hetero) is 1. The van der Waals surface area contributed by atoms with E-state index in [1.165, 1.54) is 22.2 Å². The summed E-state index contributed by atoms with van der Waals surface area (Å²) in [5.74, 6) is 0.747. The summed E-state index contributed by atoms with van der Waals surface area (Å²) in [6.07, 6.45) is 4.13. The number of aliphatic hydroxyl groups is 1.